The Morgan fingerprint density at radius 3 is 2.48 bits per heavy atom. The third-order valence-corrected chi connectivity index (χ3v) is 5.16. The number of nitrogens with zero attached hydrogens (tertiary/aromatic N) is 5. The van der Waals surface area contributed by atoms with Gasteiger partial charge in [0.15, 0.2) is 5.82 Å². The van der Waals surface area contributed by atoms with Crippen LogP contribution in [0.1, 0.15) is 70.2 Å². The van der Waals surface area contributed by atoms with E-state index in [4.69, 9.17) is 4.52 Å². The van der Waals surface area contributed by atoms with E-state index in [1.807, 2.05) is 17.8 Å². The van der Waals surface area contributed by atoms with Gasteiger partial charge in [0.2, 0.25) is 5.89 Å². The number of imidazole rings is 1. The molecule has 0 spiro atoms. The van der Waals surface area contributed by atoms with Crippen LogP contribution in [0.2, 0.25) is 0 Å². The molecule has 3 rings (SSSR count). The zero-order valence-corrected chi connectivity index (χ0v) is 15.8. The summed E-state index contributed by atoms with van der Waals surface area (Å²) in [5.41, 5.74) is -0.110. The van der Waals surface area contributed by atoms with Crippen LogP contribution in [0, 0.1) is 5.92 Å². The van der Waals surface area contributed by atoms with Crippen molar-refractivity contribution in [1.82, 2.24) is 24.6 Å². The molecule has 1 aliphatic heterocycles. The molecule has 0 saturated carbocycles. The molecule has 2 unspecified atom stereocenters. The normalized spacial score (nSPS) is 19.9. The summed E-state index contributed by atoms with van der Waals surface area (Å²) in [6.45, 7) is 10.2. The van der Waals surface area contributed by atoms with Crippen LogP contribution in [0.4, 0.5) is 0 Å². The molecule has 0 aromatic carbocycles. The van der Waals surface area contributed by atoms with Crippen molar-refractivity contribution in [2.45, 2.75) is 58.1 Å². The summed E-state index contributed by atoms with van der Waals surface area (Å²) in [4.78, 5) is 11.2. The first-order valence-corrected chi connectivity index (χ1v) is 9.01. The number of piperidine rings is 1. The quantitative estimate of drug-likeness (QED) is 0.916. The van der Waals surface area contributed by atoms with E-state index in [2.05, 4.69) is 47.7 Å². The topological polar surface area (TPSA) is 80.2 Å². The molecule has 1 aliphatic rings. The van der Waals surface area contributed by atoms with E-state index in [9.17, 15) is 5.11 Å². The summed E-state index contributed by atoms with van der Waals surface area (Å²) < 4.78 is 7.38. The molecule has 1 saturated heterocycles. The van der Waals surface area contributed by atoms with Crippen molar-refractivity contribution in [2.24, 2.45) is 13.0 Å². The molecule has 2 atom stereocenters. The minimum absolute atomic E-state index is 0.0925. The maximum absolute atomic E-state index is 10.6. The van der Waals surface area contributed by atoms with Crippen LogP contribution in [0.15, 0.2) is 16.9 Å². The first-order valence-electron chi connectivity index (χ1n) is 9.01. The molecule has 2 aromatic rings. The van der Waals surface area contributed by atoms with Crippen LogP contribution in [-0.4, -0.2) is 42.8 Å². The fourth-order valence-corrected chi connectivity index (χ4v) is 3.36. The predicted molar refractivity (Wildman–Crippen MR) is 93.9 cm³/mol. The van der Waals surface area contributed by atoms with Crippen LogP contribution in [0.5, 0.6) is 0 Å². The summed E-state index contributed by atoms with van der Waals surface area (Å²) in [6.07, 6.45) is 4.96. The van der Waals surface area contributed by atoms with E-state index in [0.717, 1.165) is 37.6 Å². The molecule has 0 amide bonds. The molecule has 3 heterocycles. The molecule has 138 valence electrons. The molecule has 0 radical (unpaired) electrons. The van der Waals surface area contributed by atoms with Gasteiger partial charge in [0, 0.05) is 24.9 Å². The molecule has 7 heteroatoms. The molecule has 7 nitrogen and oxygen atoms in total. The number of likely N-dealkylation sites (tertiary alicyclic amines) is 1. The van der Waals surface area contributed by atoms with Crippen LogP contribution in [0.25, 0.3) is 0 Å². The van der Waals surface area contributed by atoms with Crippen LogP contribution in [-0.2, 0) is 12.5 Å². The fraction of sp³-hybridized carbons (Fsp3) is 0.722. The zero-order valence-electron chi connectivity index (χ0n) is 15.8. The van der Waals surface area contributed by atoms with Crippen molar-refractivity contribution in [3.63, 3.8) is 0 Å². The second-order valence-corrected chi connectivity index (χ2v) is 8.10. The van der Waals surface area contributed by atoms with E-state index in [-0.39, 0.29) is 17.4 Å². The second-order valence-electron chi connectivity index (χ2n) is 8.10. The zero-order chi connectivity index (χ0) is 18.2. The van der Waals surface area contributed by atoms with Gasteiger partial charge >= 0.3 is 0 Å². The molecular formula is C18H29N5O2. The average Bonchev–Trinajstić information content (AvgIpc) is 3.22. The highest BCUT2D eigenvalue weighted by molar-refractivity contribution is 5.03. The minimum atomic E-state index is -0.506. The standard InChI is InChI=1S/C18H29N5O2/c1-12(16-20-17(21-25-16)18(2,3)4)23-9-6-13(7-10-23)14(24)15-19-8-11-22(15)5/h8,11-14,24H,6-7,9-10H2,1-5H3. The predicted octanol–water partition coefficient (Wildman–Crippen LogP) is 2.61. The lowest BCUT2D eigenvalue weighted by atomic mass is 9.90. The molecule has 0 bridgehead atoms. The summed E-state index contributed by atoms with van der Waals surface area (Å²) in [7, 11) is 1.92. The van der Waals surface area contributed by atoms with E-state index < -0.39 is 6.10 Å². The lowest BCUT2D eigenvalue weighted by Gasteiger charge is -2.36. The van der Waals surface area contributed by atoms with E-state index in [0.29, 0.717) is 5.89 Å². The van der Waals surface area contributed by atoms with Crippen molar-refractivity contribution < 1.29 is 9.63 Å². The highest BCUT2D eigenvalue weighted by atomic mass is 16.5. The highest BCUT2D eigenvalue weighted by Crippen LogP contribution is 2.33. The Morgan fingerprint density at radius 1 is 1.28 bits per heavy atom. The smallest absolute Gasteiger partial charge is 0.243 e. The van der Waals surface area contributed by atoms with Crippen molar-refractivity contribution >= 4 is 0 Å². The van der Waals surface area contributed by atoms with Gasteiger partial charge in [-0.15, -0.1) is 0 Å². The molecule has 2 aromatic heterocycles. The number of hydrogen-bond acceptors (Lipinski definition) is 6. The number of aromatic nitrogens is 4. The van der Waals surface area contributed by atoms with Gasteiger partial charge in [0.1, 0.15) is 11.9 Å². The average molecular weight is 347 g/mol. The van der Waals surface area contributed by atoms with Gasteiger partial charge in [0.25, 0.3) is 0 Å². The number of rotatable bonds is 4. The maximum Gasteiger partial charge on any atom is 0.243 e. The van der Waals surface area contributed by atoms with Gasteiger partial charge in [-0.25, -0.2) is 4.98 Å². The van der Waals surface area contributed by atoms with Crippen LogP contribution < -0.4 is 0 Å². The highest BCUT2D eigenvalue weighted by Gasteiger charge is 2.32. The first-order chi connectivity index (χ1) is 11.8. The summed E-state index contributed by atoms with van der Waals surface area (Å²) in [6, 6.07) is 0.0925. The third-order valence-electron chi connectivity index (χ3n) is 5.16. The van der Waals surface area contributed by atoms with Gasteiger partial charge in [-0.2, -0.15) is 4.98 Å². The lowest BCUT2D eigenvalue weighted by molar-refractivity contribution is 0.0359. The Morgan fingerprint density at radius 2 is 1.96 bits per heavy atom. The van der Waals surface area contributed by atoms with Crippen LogP contribution in [0.3, 0.4) is 0 Å². The molecule has 25 heavy (non-hydrogen) atoms. The molecule has 0 aliphatic carbocycles. The largest absolute Gasteiger partial charge is 0.385 e. The van der Waals surface area contributed by atoms with Gasteiger partial charge in [-0.3, -0.25) is 4.90 Å². The number of aliphatic hydroxyl groups excluding tert-OH is 1. The van der Waals surface area contributed by atoms with E-state index in [1.54, 1.807) is 6.20 Å². The van der Waals surface area contributed by atoms with Crippen molar-refractivity contribution in [1.29, 1.82) is 0 Å². The number of hydrogen-bond donors (Lipinski definition) is 1. The van der Waals surface area contributed by atoms with Gasteiger partial charge in [-0.05, 0) is 38.8 Å². The Kier molecular flexibility index (Phi) is 4.97. The molecule has 1 fully saturated rings. The molecular weight excluding hydrogens is 318 g/mol. The Balaban J connectivity index is 1.60. The van der Waals surface area contributed by atoms with E-state index >= 15 is 0 Å². The van der Waals surface area contributed by atoms with Crippen molar-refractivity contribution in [3.8, 4) is 0 Å². The summed E-state index contributed by atoms with van der Waals surface area (Å²) in [5.74, 6) is 2.40. The monoisotopic (exact) mass is 347 g/mol. The van der Waals surface area contributed by atoms with Crippen LogP contribution >= 0.6 is 0 Å². The Hall–Kier alpha value is -1.73. The SMILES string of the molecule is CC(c1nc(C(C)(C)C)no1)N1CCC(C(O)c2nccn2C)CC1. The number of aliphatic hydroxyl groups is 1. The van der Waals surface area contributed by atoms with Crippen molar-refractivity contribution in [3.05, 3.63) is 29.9 Å². The first kappa shape index (κ1) is 18.1. The lowest BCUT2D eigenvalue weighted by Crippen LogP contribution is -2.37. The molecule has 1 N–H and O–H groups in total. The summed E-state index contributed by atoms with van der Waals surface area (Å²) >= 11 is 0. The fourth-order valence-electron chi connectivity index (χ4n) is 3.36. The van der Waals surface area contributed by atoms with Crippen molar-refractivity contribution in [2.75, 3.05) is 13.1 Å². The van der Waals surface area contributed by atoms with E-state index in [1.165, 1.54) is 0 Å². The maximum atomic E-state index is 10.6. The third kappa shape index (κ3) is 3.77. The minimum Gasteiger partial charge on any atom is -0.385 e. The Bertz CT molecular complexity index is 694. The second kappa shape index (κ2) is 6.88. The van der Waals surface area contributed by atoms with Gasteiger partial charge < -0.3 is 14.2 Å². The Labute approximate surface area is 149 Å². The van der Waals surface area contributed by atoms with Gasteiger partial charge in [0.05, 0.1) is 6.04 Å². The van der Waals surface area contributed by atoms with Gasteiger partial charge in [-0.1, -0.05) is 25.9 Å². The number of aryl methyl sites for hydroxylation is 1. The summed E-state index contributed by atoms with van der Waals surface area (Å²) in [5, 5.41) is 14.7.